The molecular weight excluding hydrogens is 228 g/mol. The maximum Gasteiger partial charge on any atom is 0.323 e. The van der Waals surface area contributed by atoms with Crippen molar-refractivity contribution >= 4 is 5.97 Å². The second-order valence-corrected chi connectivity index (χ2v) is 6.11. The molecular formula is C14H28N2O2. The fraction of sp³-hybridized carbons (Fsp3) is 0.929. The lowest BCUT2D eigenvalue weighted by atomic mass is 9.91. The highest BCUT2D eigenvalue weighted by molar-refractivity contribution is 5.78. The summed E-state index contributed by atoms with van der Waals surface area (Å²) in [6.07, 6.45) is 5.55. The number of nitrogens with one attached hydrogen (secondary N) is 1. The molecule has 0 aromatic heterocycles. The molecule has 0 saturated heterocycles. The number of carboxylic acid groups (broad SMARTS) is 1. The lowest BCUT2D eigenvalue weighted by Gasteiger charge is -2.35. The van der Waals surface area contributed by atoms with E-state index >= 15 is 0 Å². The van der Waals surface area contributed by atoms with Gasteiger partial charge in [-0.15, -0.1) is 0 Å². The van der Waals surface area contributed by atoms with Gasteiger partial charge in [0.2, 0.25) is 0 Å². The van der Waals surface area contributed by atoms with Crippen molar-refractivity contribution < 1.29 is 9.90 Å². The van der Waals surface area contributed by atoms with Crippen LogP contribution in [-0.2, 0) is 4.79 Å². The topological polar surface area (TPSA) is 52.6 Å². The van der Waals surface area contributed by atoms with Crippen LogP contribution >= 0.6 is 0 Å². The van der Waals surface area contributed by atoms with Crippen LogP contribution in [0.4, 0.5) is 0 Å². The summed E-state index contributed by atoms with van der Waals surface area (Å²) in [6.45, 7) is 6.76. The smallest absolute Gasteiger partial charge is 0.323 e. The predicted molar refractivity (Wildman–Crippen MR) is 73.8 cm³/mol. The highest BCUT2D eigenvalue weighted by Crippen LogP contribution is 2.24. The van der Waals surface area contributed by atoms with Crippen LogP contribution < -0.4 is 5.32 Å². The first-order chi connectivity index (χ1) is 8.35. The lowest BCUT2D eigenvalue weighted by Crippen LogP contribution is -2.52. The molecule has 0 aromatic rings. The van der Waals surface area contributed by atoms with Crippen molar-refractivity contribution in [2.75, 3.05) is 13.6 Å². The zero-order valence-corrected chi connectivity index (χ0v) is 12.2. The van der Waals surface area contributed by atoms with E-state index in [1.807, 2.05) is 13.8 Å². The molecule has 2 N–H and O–H groups in total. The van der Waals surface area contributed by atoms with Gasteiger partial charge in [-0.25, -0.2) is 0 Å². The first-order valence-corrected chi connectivity index (χ1v) is 7.06. The van der Waals surface area contributed by atoms with Crippen LogP contribution in [0, 0.1) is 0 Å². The standard InChI is InChI=1S/C14H28N2O2/c1-11(2)15-14(3,13(17)18)9-6-10-16(4)12-7-5-8-12/h11-12,15H,5-10H2,1-4H3,(H,17,18). The molecule has 0 aliphatic heterocycles. The Balaban J connectivity index is 2.34. The van der Waals surface area contributed by atoms with E-state index in [-0.39, 0.29) is 6.04 Å². The number of rotatable bonds is 8. The Labute approximate surface area is 111 Å². The summed E-state index contributed by atoms with van der Waals surface area (Å²) in [5.41, 5.74) is -0.797. The minimum Gasteiger partial charge on any atom is -0.480 e. The number of nitrogens with zero attached hydrogens (tertiary/aromatic N) is 1. The third kappa shape index (κ3) is 4.25. The molecule has 0 spiro atoms. The maximum atomic E-state index is 11.4. The van der Waals surface area contributed by atoms with Crippen molar-refractivity contribution in [3.05, 3.63) is 0 Å². The van der Waals surface area contributed by atoms with Gasteiger partial charge in [0.1, 0.15) is 5.54 Å². The monoisotopic (exact) mass is 256 g/mol. The number of aliphatic carboxylic acids is 1. The highest BCUT2D eigenvalue weighted by atomic mass is 16.4. The summed E-state index contributed by atoms with van der Waals surface area (Å²) in [5, 5.41) is 12.5. The van der Waals surface area contributed by atoms with Crippen LogP contribution in [0.5, 0.6) is 0 Å². The van der Waals surface area contributed by atoms with Crippen LogP contribution in [0.1, 0.15) is 52.9 Å². The van der Waals surface area contributed by atoms with E-state index in [1.54, 1.807) is 6.92 Å². The van der Waals surface area contributed by atoms with Crippen LogP contribution in [0.3, 0.4) is 0 Å². The second kappa shape index (κ2) is 6.53. The van der Waals surface area contributed by atoms with Gasteiger partial charge in [-0.05, 0) is 60.0 Å². The van der Waals surface area contributed by atoms with E-state index in [9.17, 15) is 9.90 Å². The molecule has 4 nitrogen and oxygen atoms in total. The summed E-state index contributed by atoms with van der Waals surface area (Å²) in [5.74, 6) is -0.748. The van der Waals surface area contributed by atoms with Gasteiger partial charge < -0.3 is 10.0 Å². The third-order valence-corrected chi connectivity index (χ3v) is 3.96. The number of hydrogen-bond donors (Lipinski definition) is 2. The molecule has 0 radical (unpaired) electrons. The molecule has 4 heteroatoms. The molecule has 1 atom stereocenters. The van der Waals surface area contributed by atoms with Gasteiger partial charge >= 0.3 is 5.97 Å². The number of hydrogen-bond acceptors (Lipinski definition) is 3. The molecule has 1 rings (SSSR count). The van der Waals surface area contributed by atoms with E-state index < -0.39 is 11.5 Å². The van der Waals surface area contributed by atoms with E-state index in [1.165, 1.54) is 19.3 Å². The largest absolute Gasteiger partial charge is 0.480 e. The summed E-state index contributed by atoms with van der Waals surface area (Å²) < 4.78 is 0. The third-order valence-electron chi connectivity index (χ3n) is 3.96. The molecule has 106 valence electrons. The molecule has 1 unspecified atom stereocenters. The maximum absolute atomic E-state index is 11.4. The van der Waals surface area contributed by atoms with Crippen LogP contribution in [0.15, 0.2) is 0 Å². The van der Waals surface area contributed by atoms with Crippen LogP contribution in [-0.4, -0.2) is 47.2 Å². The molecule has 0 aromatic carbocycles. The Morgan fingerprint density at radius 2 is 2.11 bits per heavy atom. The first-order valence-electron chi connectivity index (χ1n) is 7.06. The second-order valence-electron chi connectivity index (χ2n) is 6.11. The van der Waals surface area contributed by atoms with Gasteiger partial charge in [-0.3, -0.25) is 10.1 Å². The molecule has 0 heterocycles. The normalized spacial score (nSPS) is 19.9. The van der Waals surface area contributed by atoms with Crippen LogP contribution in [0.2, 0.25) is 0 Å². The molecule has 1 fully saturated rings. The van der Waals surface area contributed by atoms with Crippen molar-refractivity contribution in [2.45, 2.75) is 70.5 Å². The van der Waals surface area contributed by atoms with E-state index in [4.69, 9.17) is 0 Å². The zero-order valence-electron chi connectivity index (χ0n) is 12.2. The van der Waals surface area contributed by atoms with Crippen molar-refractivity contribution in [1.29, 1.82) is 0 Å². The van der Waals surface area contributed by atoms with Crippen molar-refractivity contribution in [3.8, 4) is 0 Å². The van der Waals surface area contributed by atoms with Crippen molar-refractivity contribution in [3.63, 3.8) is 0 Å². The average molecular weight is 256 g/mol. The highest BCUT2D eigenvalue weighted by Gasteiger charge is 2.33. The summed E-state index contributed by atoms with van der Waals surface area (Å²) in [6, 6.07) is 0.926. The summed E-state index contributed by atoms with van der Waals surface area (Å²) >= 11 is 0. The lowest BCUT2D eigenvalue weighted by molar-refractivity contribution is -0.144. The van der Waals surface area contributed by atoms with Crippen LogP contribution in [0.25, 0.3) is 0 Å². The Kier molecular flexibility index (Phi) is 5.60. The zero-order chi connectivity index (χ0) is 13.8. The molecule has 1 aliphatic rings. The van der Waals surface area contributed by atoms with Gasteiger partial charge in [0.25, 0.3) is 0 Å². The molecule has 1 aliphatic carbocycles. The molecule has 18 heavy (non-hydrogen) atoms. The molecule has 0 bridgehead atoms. The SMILES string of the molecule is CC(C)NC(C)(CCCN(C)C1CCC1)C(=O)O. The summed E-state index contributed by atoms with van der Waals surface area (Å²) in [7, 11) is 2.15. The fourth-order valence-corrected chi connectivity index (χ4v) is 2.57. The number of carboxylic acids is 1. The van der Waals surface area contributed by atoms with Gasteiger partial charge in [-0.1, -0.05) is 6.42 Å². The van der Waals surface area contributed by atoms with Crippen molar-refractivity contribution in [1.82, 2.24) is 10.2 Å². The Morgan fingerprint density at radius 3 is 2.50 bits per heavy atom. The summed E-state index contributed by atoms with van der Waals surface area (Å²) in [4.78, 5) is 13.7. The van der Waals surface area contributed by atoms with Gasteiger partial charge in [0, 0.05) is 12.1 Å². The predicted octanol–water partition coefficient (Wildman–Crippen LogP) is 2.09. The fourth-order valence-electron chi connectivity index (χ4n) is 2.57. The van der Waals surface area contributed by atoms with E-state index in [0.29, 0.717) is 6.42 Å². The van der Waals surface area contributed by atoms with Crippen molar-refractivity contribution in [2.24, 2.45) is 0 Å². The first kappa shape index (κ1) is 15.4. The average Bonchev–Trinajstić information content (AvgIpc) is 2.12. The molecule has 0 amide bonds. The quantitative estimate of drug-likeness (QED) is 0.698. The Morgan fingerprint density at radius 1 is 1.50 bits per heavy atom. The van der Waals surface area contributed by atoms with Gasteiger partial charge in [0.15, 0.2) is 0 Å². The number of carbonyl (C=O) groups is 1. The molecule has 1 saturated carbocycles. The van der Waals surface area contributed by atoms with Gasteiger partial charge in [0.05, 0.1) is 0 Å². The van der Waals surface area contributed by atoms with E-state index in [0.717, 1.165) is 19.0 Å². The van der Waals surface area contributed by atoms with Gasteiger partial charge in [-0.2, -0.15) is 0 Å². The Hall–Kier alpha value is -0.610. The Bertz CT molecular complexity index is 277. The van der Waals surface area contributed by atoms with E-state index in [2.05, 4.69) is 17.3 Å². The minimum absolute atomic E-state index is 0.190. The minimum atomic E-state index is -0.797.